The topological polar surface area (TPSA) is 66.5 Å². The fourth-order valence-electron chi connectivity index (χ4n) is 0.779. The third-order valence-electron chi connectivity index (χ3n) is 1.52. The molecule has 0 aliphatic rings. The molecule has 62 valence electrons. The molecular weight excluding hydrogens is 130 g/mol. The van der Waals surface area contributed by atoms with E-state index in [1.54, 1.807) is 0 Å². The largest absolute Gasteiger partial charge is 0.367 e. The summed E-state index contributed by atoms with van der Waals surface area (Å²) in [7, 11) is 0. The fraction of sp³-hybridized carbons (Fsp3) is 1.00. The van der Waals surface area contributed by atoms with Crippen molar-refractivity contribution >= 4 is 0 Å². The van der Waals surface area contributed by atoms with Crippen molar-refractivity contribution in [2.75, 3.05) is 0 Å². The molecule has 0 aliphatic heterocycles. The van der Waals surface area contributed by atoms with E-state index in [2.05, 4.69) is 6.92 Å². The van der Waals surface area contributed by atoms with Crippen LogP contribution in [0.1, 0.15) is 32.6 Å². The highest BCUT2D eigenvalue weighted by atomic mass is 16.5. The predicted octanol–water partition coefficient (Wildman–Crippen LogP) is 0.205. The first-order valence-electron chi connectivity index (χ1n) is 3.80. The number of aliphatic hydroxyl groups excluding tert-OH is 1. The number of hydrogen-bond donors (Lipinski definition) is 3. The molecule has 0 saturated carbocycles. The average molecular weight is 147 g/mol. The van der Waals surface area contributed by atoms with E-state index in [1.165, 1.54) is 0 Å². The Labute approximate surface area is 61.9 Å². The minimum absolute atomic E-state index is 0.466. The van der Waals surface area contributed by atoms with Crippen LogP contribution in [-0.2, 0) is 0 Å². The molecule has 3 nitrogen and oxygen atoms in total. The van der Waals surface area contributed by atoms with Gasteiger partial charge in [-0.1, -0.05) is 26.2 Å². The van der Waals surface area contributed by atoms with Crippen LogP contribution in [0.4, 0.5) is 0 Å². The Balaban J connectivity index is 3.13. The molecule has 0 fully saturated rings. The van der Waals surface area contributed by atoms with Crippen LogP contribution in [-0.4, -0.2) is 22.5 Å². The summed E-state index contributed by atoms with van der Waals surface area (Å²) in [5.41, 5.74) is 5.36. The minimum atomic E-state index is -1.35. The summed E-state index contributed by atoms with van der Waals surface area (Å²) >= 11 is 0. The highest BCUT2D eigenvalue weighted by Crippen LogP contribution is 2.02. The molecule has 10 heavy (non-hydrogen) atoms. The van der Waals surface area contributed by atoms with Crippen molar-refractivity contribution in [3.05, 3.63) is 0 Å². The molecule has 0 aromatic carbocycles. The molecule has 0 bridgehead atoms. The van der Waals surface area contributed by atoms with Gasteiger partial charge in [0, 0.05) is 0 Å². The van der Waals surface area contributed by atoms with Gasteiger partial charge in [-0.3, -0.25) is 0 Å². The summed E-state index contributed by atoms with van der Waals surface area (Å²) in [4.78, 5) is 0. The molecule has 0 heterocycles. The molecule has 3 heteroatoms. The summed E-state index contributed by atoms with van der Waals surface area (Å²) in [6, 6.07) is -0.466. The van der Waals surface area contributed by atoms with Crippen molar-refractivity contribution in [1.82, 2.24) is 0 Å². The quantitative estimate of drug-likeness (QED) is 0.384. The van der Waals surface area contributed by atoms with E-state index < -0.39 is 12.3 Å². The van der Waals surface area contributed by atoms with Crippen LogP contribution in [0.3, 0.4) is 0 Å². The molecule has 1 unspecified atom stereocenters. The van der Waals surface area contributed by atoms with Crippen LogP contribution in [0, 0.1) is 0 Å². The van der Waals surface area contributed by atoms with Crippen LogP contribution >= 0.6 is 0 Å². The Morgan fingerprint density at radius 2 is 1.90 bits per heavy atom. The second kappa shape index (κ2) is 5.65. The molecular formula is C7H17NO2. The smallest absolute Gasteiger partial charge is 0.166 e. The lowest BCUT2D eigenvalue weighted by Crippen LogP contribution is -2.34. The molecule has 0 spiro atoms. The average Bonchev–Trinajstić information content (AvgIpc) is 1.88. The molecule has 0 saturated heterocycles. The molecule has 0 aromatic heterocycles. The maximum atomic E-state index is 8.55. The van der Waals surface area contributed by atoms with E-state index in [-0.39, 0.29) is 0 Å². The van der Waals surface area contributed by atoms with Gasteiger partial charge >= 0.3 is 0 Å². The van der Waals surface area contributed by atoms with Gasteiger partial charge in [-0.25, -0.2) is 0 Å². The van der Waals surface area contributed by atoms with Crippen molar-refractivity contribution in [1.29, 1.82) is 0 Å². The van der Waals surface area contributed by atoms with Gasteiger partial charge in [-0.2, -0.15) is 0 Å². The van der Waals surface area contributed by atoms with Gasteiger partial charge in [-0.05, 0) is 6.42 Å². The highest BCUT2D eigenvalue weighted by Gasteiger charge is 2.08. The van der Waals surface area contributed by atoms with Crippen LogP contribution < -0.4 is 5.73 Å². The highest BCUT2D eigenvalue weighted by molar-refractivity contribution is 4.61. The van der Waals surface area contributed by atoms with Crippen molar-refractivity contribution in [2.24, 2.45) is 5.73 Å². The summed E-state index contributed by atoms with van der Waals surface area (Å²) in [5, 5.41) is 17.1. The summed E-state index contributed by atoms with van der Waals surface area (Å²) in [6.45, 7) is 2.10. The Bertz CT molecular complexity index is 76.0. The second-order valence-electron chi connectivity index (χ2n) is 2.57. The number of unbranched alkanes of at least 4 members (excludes halogenated alkanes) is 2. The Hall–Kier alpha value is -0.120. The lowest BCUT2D eigenvalue weighted by atomic mass is 10.1. The number of hydrogen-bond acceptors (Lipinski definition) is 3. The summed E-state index contributed by atoms with van der Waals surface area (Å²) in [5.74, 6) is 0. The molecule has 0 rings (SSSR count). The van der Waals surface area contributed by atoms with E-state index in [4.69, 9.17) is 15.9 Å². The van der Waals surface area contributed by atoms with Gasteiger partial charge in [0.1, 0.15) is 0 Å². The van der Waals surface area contributed by atoms with E-state index >= 15 is 0 Å². The Kier molecular flexibility index (Phi) is 5.58. The zero-order valence-electron chi connectivity index (χ0n) is 6.45. The molecule has 0 aliphatic carbocycles. The maximum Gasteiger partial charge on any atom is 0.166 e. The van der Waals surface area contributed by atoms with Gasteiger partial charge < -0.3 is 15.9 Å². The maximum absolute atomic E-state index is 8.55. The van der Waals surface area contributed by atoms with Crippen molar-refractivity contribution in [2.45, 2.75) is 44.9 Å². The standard InChI is InChI=1S/C7H17NO2/c1-2-3-4-5-6(8)7(9)10/h6-7,9-10H,2-5,8H2,1H3. The zero-order valence-corrected chi connectivity index (χ0v) is 6.45. The van der Waals surface area contributed by atoms with Crippen molar-refractivity contribution < 1.29 is 10.2 Å². The van der Waals surface area contributed by atoms with Gasteiger partial charge in [0.05, 0.1) is 6.04 Å². The fourth-order valence-corrected chi connectivity index (χ4v) is 0.779. The van der Waals surface area contributed by atoms with Crippen molar-refractivity contribution in [3.63, 3.8) is 0 Å². The zero-order chi connectivity index (χ0) is 7.98. The molecule has 0 radical (unpaired) electrons. The minimum Gasteiger partial charge on any atom is -0.367 e. The van der Waals surface area contributed by atoms with Gasteiger partial charge in [0.25, 0.3) is 0 Å². The van der Waals surface area contributed by atoms with Crippen LogP contribution in [0.5, 0.6) is 0 Å². The van der Waals surface area contributed by atoms with E-state index in [9.17, 15) is 0 Å². The van der Waals surface area contributed by atoms with E-state index in [0.29, 0.717) is 6.42 Å². The normalized spacial score (nSPS) is 14.1. The van der Waals surface area contributed by atoms with Gasteiger partial charge in [0.15, 0.2) is 6.29 Å². The molecule has 0 amide bonds. The first-order valence-corrected chi connectivity index (χ1v) is 3.80. The monoisotopic (exact) mass is 147 g/mol. The third kappa shape index (κ3) is 4.73. The van der Waals surface area contributed by atoms with Crippen LogP contribution in [0.15, 0.2) is 0 Å². The number of rotatable bonds is 5. The first kappa shape index (κ1) is 9.88. The SMILES string of the molecule is CCCCCC(N)C(O)O. The van der Waals surface area contributed by atoms with Crippen LogP contribution in [0.2, 0.25) is 0 Å². The third-order valence-corrected chi connectivity index (χ3v) is 1.52. The Morgan fingerprint density at radius 3 is 2.30 bits per heavy atom. The lowest BCUT2D eigenvalue weighted by molar-refractivity contribution is -0.0599. The Morgan fingerprint density at radius 1 is 1.30 bits per heavy atom. The van der Waals surface area contributed by atoms with E-state index in [1.807, 2.05) is 0 Å². The van der Waals surface area contributed by atoms with Crippen molar-refractivity contribution in [3.8, 4) is 0 Å². The summed E-state index contributed by atoms with van der Waals surface area (Å²) in [6.07, 6.45) is 2.58. The number of nitrogens with two attached hydrogens (primary N) is 1. The number of aliphatic hydroxyl groups is 2. The van der Waals surface area contributed by atoms with Gasteiger partial charge in [0.2, 0.25) is 0 Å². The lowest BCUT2D eigenvalue weighted by Gasteiger charge is -2.12. The second-order valence-corrected chi connectivity index (χ2v) is 2.57. The molecule has 0 aromatic rings. The first-order chi connectivity index (χ1) is 4.68. The van der Waals surface area contributed by atoms with E-state index in [0.717, 1.165) is 19.3 Å². The molecule has 1 atom stereocenters. The summed E-state index contributed by atoms with van der Waals surface area (Å²) < 4.78 is 0. The van der Waals surface area contributed by atoms with Gasteiger partial charge in [-0.15, -0.1) is 0 Å². The molecule has 4 N–H and O–H groups in total. The predicted molar refractivity (Wildman–Crippen MR) is 40.3 cm³/mol. The van der Waals surface area contributed by atoms with Crippen LogP contribution in [0.25, 0.3) is 0 Å².